The number of rotatable bonds is 3. The van der Waals surface area contributed by atoms with Gasteiger partial charge in [0, 0.05) is 18.0 Å². The van der Waals surface area contributed by atoms with Crippen LogP contribution in [0.15, 0.2) is 47.7 Å². The van der Waals surface area contributed by atoms with Crippen molar-refractivity contribution in [3.63, 3.8) is 0 Å². The fourth-order valence-corrected chi connectivity index (χ4v) is 4.27. The number of methoxy groups -OCH3 is 1. The Kier molecular flexibility index (Phi) is 4.94. The first kappa shape index (κ1) is 18.9. The van der Waals surface area contributed by atoms with Gasteiger partial charge in [0.25, 0.3) is 5.91 Å². The standard InChI is InChI=1S/C21H18N4O3S/c1-12-8-13(2)19-17(9-12)25(11-18(26)28-3)21(29-19)24-20(27)14-4-5-15-16(10-14)23-7-6-22-15/h4-10H,11H2,1-3H3. The van der Waals surface area contributed by atoms with Crippen molar-refractivity contribution in [2.45, 2.75) is 20.4 Å². The molecule has 2 aromatic carbocycles. The minimum Gasteiger partial charge on any atom is -0.468 e. The lowest BCUT2D eigenvalue weighted by Gasteiger charge is -2.05. The molecule has 7 nitrogen and oxygen atoms in total. The Morgan fingerprint density at radius 2 is 1.86 bits per heavy atom. The van der Waals surface area contributed by atoms with E-state index in [1.807, 2.05) is 19.9 Å². The fourth-order valence-electron chi connectivity index (χ4n) is 3.19. The molecule has 0 bridgehead atoms. The number of carbonyl (C=O) groups excluding carboxylic acids is 2. The molecule has 4 rings (SSSR count). The van der Waals surface area contributed by atoms with Crippen LogP contribution in [-0.4, -0.2) is 33.5 Å². The molecule has 0 saturated heterocycles. The Bertz CT molecular complexity index is 1340. The third-order valence-electron chi connectivity index (χ3n) is 4.54. The van der Waals surface area contributed by atoms with Gasteiger partial charge in [-0.15, -0.1) is 0 Å². The summed E-state index contributed by atoms with van der Waals surface area (Å²) >= 11 is 1.38. The van der Waals surface area contributed by atoms with Crippen LogP contribution in [-0.2, 0) is 16.1 Å². The molecule has 0 aliphatic carbocycles. The van der Waals surface area contributed by atoms with Crippen LogP contribution in [0.4, 0.5) is 0 Å². The molecule has 0 N–H and O–H groups in total. The molecular formula is C21H18N4O3S. The number of aromatic nitrogens is 3. The van der Waals surface area contributed by atoms with E-state index in [1.165, 1.54) is 18.4 Å². The summed E-state index contributed by atoms with van der Waals surface area (Å²) in [6, 6.07) is 9.13. The largest absolute Gasteiger partial charge is 0.468 e. The smallest absolute Gasteiger partial charge is 0.325 e. The lowest BCUT2D eigenvalue weighted by Crippen LogP contribution is -2.22. The maximum atomic E-state index is 12.9. The first-order valence-electron chi connectivity index (χ1n) is 8.93. The van der Waals surface area contributed by atoms with Gasteiger partial charge in [-0.2, -0.15) is 4.99 Å². The van der Waals surface area contributed by atoms with E-state index in [0.717, 1.165) is 21.3 Å². The average Bonchev–Trinajstić information content (AvgIpc) is 3.04. The first-order chi connectivity index (χ1) is 14.0. The maximum Gasteiger partial charge on any atom is 0.325 e. The van der Waals surface area contributed by atoms with Gasteiger partial charge in [0.05, 0.1) is 28.4 Å². The number of nitrogens with zero attached hydrogens (tertiary/aromatic N) is 4. The number of carbonyl (C=O) groups is 2. The Balaban J connectivity index is 1.87. The van der Waals surface area contributed by atoms with Crippen LogP contribution in [0.3, 0.4) is 0 Å². The van der Waals surface area contributed by atoms with E-state index in [0.29, 0.717) is 21.4 Å². The van der Waals surface area contributed by atoms with Gasteiger partial charge in [-0.05, 0) is 49.2 Å². The van der Waals surface area contributed by atoms with Crippen molar-refractivity contribution in [3.8, 4) is 0 Å². The molecule has 1 amide bonds. The van der Waals surface area contributed by atoms with E-state index in [2.05, 4.69) is 21.0 Å². The Morgan fingerprint density at radius 3 is 2.62 bits per heavy atom. The molecule has 0 atom stereocenters. The Labute approximate surface area is 170 Å². The number of amides is 1. The van der Waals surface area contributed by atoms with Gasteiger partial charge in [0.1, 0.15) is 6.54 Å². The number of ether oxygens (including phenoxy) is 1. The third kappa shape index (κ3) is 3.66. The predicted molar refractivity (Wildman–Crippen MR) is 111 cm³/mol. The van der Waals surface area contributed by atoms with Crippen LogP contribution in [0, 0.1) is 13.8 Å². The minimum atomic E-state index is -0.405. The van der Waals surface area contributed by atoms with Gasteiger partial charge in [0.15, 0.2) is 4.80 Å². The molecule has 146 valence electrons. The molecule has 0 aliphatic rings. The van der Waals surface area contributed by atoms with Crippen LogP contribution < -0.4 is 4.80 Å². The van der Waals surface area contributed by atoms with Gasteiger partial charge < -0.3 is 9.30 Å². The van der Waals surface area contributed by atoms with Gasteiger partial charge in [-0.1, -0.05) is 17.4 Å². The Morgan fingerprint density at radius 1 is 1.10 bits per heavy atom. The summed E-state index contributed by atoms with van der Waals surface area (Å²) in [5.74, 6) is -0.809. The Hall–Kier alpha value is -3.39. The predicted octanol–water partition coefficient (Wildman–Crippen LogP) is 3.18. The summed E-state index contributed by atoms with van der Waals surface area (Å²) in [6.07, 6.45) is 3.18. The molecule has 29 heavy (non-hydrogen) atoms. The van der Waals surface area contributed by atoms with Crippen LogP contribution in [0.5, 0.6) is 0 Å². The number of hydrogen-bond donors (Lipinski definition) is 0. The van der Waals surface area contributed by atoms with E-state index in [4.69, 9.17) is 4.74 Å². The number of fused-ring (bicyclic) bond motifs is 2. The van der Waals surface area contributed by atoms with E-state index in [1.54, 1.807) is 35.2 Å². The van der Waals surface area contributed by atoms with Crippen LogP contribution >= 0.6 is 11.3 Å². The summed E-state index contributed by atoms with van der Waals surface area (Å²) in [5.41, 5.74) is 4.73. The highest BCUT2D eigenvalue weighted by atomic mass is 32.1. The number of thiazole rings is 1. The highest BCUT2D eigenvalue weighted by molar-refractivity contribution is 7.16. The third-order valence-corrected chi connectivity index (χ3v) is 5.77. The van der Waals surface area contributed by atoms with Gasteiger partial charge >= 0.3 is 5.97 Å². The zero-order valence-electron chi connectivity index (χ0n) is 16.2. The second kappa shape index (κ2) is 7.56. The zero-order valence-corrected chi connectivity index (χ0v) is 17.0. The first-order valence-corrected chi connectivity index (χ1v) is 9.75. The van der Waals surface area contributed by atoms with E-state index >= 15 is 0 Å². The summed E-state index contributed by atoms with van der Waals surface area (Å²) in [6.45, 7) is 3.97. The number of aryl methyl sites for hydroxylation is 2. The zero-order chi connectivity index (χ0) is 20.5. The molecule has 0 fully saturated rings. The number of hydrogen-bond acceptors (Lipinski definition) is 6. The van der Waals surface area contributed by atoms with Crippen molar-refractivity contribution in [3.05, 3.63) is 64.2 Å². The quantitative estimate of drug-likeness (QED) is 0.488. The molecule has 8 heteroatoms. The second-order valence-corrected chi connectivity index (χ2v) is 7.63. The molecule has 0 aliphatic heterocycles. The van der Waals surface area contributed by atoms with Crippen molar-refractivity contribution in [1.29, 1.82) is 0 Å². The van der Waals surface area contributed by atoms with E-state index < -0.39 is 11.9 Å². The van der Waals surface area contributed by atoms with Crippen molar-refractivity contribution < 1.29 is 14.3 Å². The van der Waals surface area contributed by atoms with Crippen molar-refractivity contribution in [1.82, 2.24) is 14.5 Å². The average molecular weight is 406 g/mol. The summed E-state index contributed by atoms with van der Waals surface area (Å²) in [5, 5.41) is 0. The monoisotopic (exact) mass is 406 g/mol. The molecule has 2 heterocycles. The molecule has 0 radical (unpaired) electrons. The SMILES string of the molecule is COC(=O)Cn1c(=NC(=O)c2ccc3nccnc3c2)sc2c(C)cc(C)cc21. The van der Waals surface area contributed by atoms with Crippen LogP contribution in [0.1, 0.15) is 21.5 Å². The summed E-state index contributed by atoms with van der Waals surface area (Å²) < 4.78 is 7.54. The van der Waals surface area contributed by atoms with Gasteiger partial charge in [0.2, 0.25) is 0 Å². The highest BCUT2D eigenvalue weighted by Gasteiger charge is 2.14. The maximum absolute atomic E-state index is 12.9. The van der Waals surface area contributed by atoms with E-state index in [9.17, 15) is 9.59 Å². The molecule has 0 spiro atoms. The normalized spacial score (nSPS) is 11.9. The second-order valence-electron chi connectivity index (χ2n) is 6.65. The lowest BCUT2D eigenvalue weighted by atomic mass is 10.1. The van der Waals surface area contributed by atoms with Crippen LogP contribution in [0.25, 0.3) is 21.3 Å². The fraction of sp³-hybridized carbons (Fsp3) is 0.190. The van der Waals surface area contributed by atoms with Crippen LogP contribution in [0.2, 0.25) is 0 Å². The van der Waals surface area contributed by atoms with Gasteiger partial charge in [-0.3, -0.25) is 19.6 Å². The van der Waals surface area contributed by atoms with E-state index in [-0.39, 0.29) is 6.54 Å². The number of esters is 1. The molecule has 2 aromatic heterocycles. The molecule has 4 aromatic rings. The molecule has 0 saturated carbocycles. The topological polar surface area (TPSA) is 86.4 Å². The number of benzene rings is 2. The highest BCUT2D eigenvalue weighted by Crippen LogP contribution is 2.23. The van der Waals surface area contributed by atoms with Crippen molar-refractivity contribution in [2.24, 2.45) is 4.99 Å². The summed E-state index contributed by atoms with van der Waals surface area (Å²) in [7, 11) is 1.34. The van der Waals surface area contributed by atoms with Crippen molar-refractivity contribution >= 4 is 44.5 Å². The van der Waals surface area contributed by atoms with Crippen molar-refractivity contribution in [2.75, 3.05) is 7.11 Å². The molecule has 0 unspecified atom stereocenters. The lowest BCUT2D eigenvalue weighted by molar-refractivity contribution is -0.141. The van der Waals surface area contributed by atoms with Gasteiger partial charge in [-0.25, -0.2) is 0 Å². The summed E-state index contributed by atoms with van der Waals surface area (Å²) in [4.78, 5) is 38.0. The minimum absolute atomic E-state index is 0.0191. The molecular weight excluding hydrogens is 388 g/mol.